The summed E-state index contributed by atoms with van der Waals surface area (Å²) in [5, 5.41) is 8.60. The predicted molar refractivity (Wildman–Crippen MR) is 81.2 cm³/mol. The van der Waals surface area contributed by atoms with Crippen molar-refractivity contribution in [1.82, 2.24) is 4.90 Å². The summed E-state index contributed by atoms with van der Waals surface area (Å²) in [5.41, 5.74) is -0.963. The third-order valence-corrected chi connectivity index (χ3v) is 3.90. The van der Waals surface area contributed by atoms with Crippen LogP contribution in [-0.2, 0) is 19.1 Å². The molecule has 0 unspecified atom stereocenters. The summed E-state index contributed by atoms with van der Waals surface area (Å²) in [6.45, 7) is 11.2. The Balaban J connectivity index is 2.80. The Morgan fingerprint density at radius 2 is 1.68 bits per heavy atom. The molecule has 1 rings (SSSR count). The van der Waals surface area contributed by atoms with Crippen molar-refractivity contribution in [2.24, 2.45) is 0 Å². The molecule has 6 nitrogen and oxygen atoms in total. The standard InChI is InChI=1S/C16H25NO5/c1-6-12(18)17-15(2,3)9-11(10-16(17,4)5)22-14(21)8-7-13(19)20/h6,11H,1,7-10H2,2-5H3,(H,19,20). The van der Waals surface area contributed by atoms with E-state index in [2.05, 4.69) is 6.58 Å². The maximum absolute atomic E-state index is 12.1. The molecule has 0 bridgehead atoms. The average Bonchev–Trinajstić information content (AvgIpc) is 2.32. The SMILES string of the molecule is C=CC(=O)N1C(C)(C)CC(OC(=O)CCC(=O)O)CC1(C)C. The summed E-state index contributed by atoms with van der Waals surface area (Å²) in [6.07, 6.45) is 1.61. The van der Waals surface area contributed by atoms with Gasteiger partial charge in [0.1, 0.15) is 6.10 Å². The van der Waals surface area contributed by atoms with Gasteiger partial charge in [0.25, 0.3) is 0 Å². The lowest BCUT2D eigenvalue weighted by molar-refractivity contribution is -0.166. The number of carbonyl (C=O) groups is 3. The number of carboxylic acids is 1. The van der Waals surface area contributed by atoms with E-state index in [1.165, 1.54) is 6.08 Å². The minimum atomic E-state index is -1.02. The zero-order chi connectivity index (χ0) is 17.1. The summed E-state index contributed by atoms with van der Waals surface area (Å²) in [4.78, 5) is 36.1. The van der Waals surface area contributed by atoms with Gasteiger partial charge in [-0.05, 0) is 33.8 Å². The van der Waals surface area contributed by atoms with Crippen molar-refractivity contribution in [2.45, 2.75) is 70.6 Å². The van der Waals surface area contributed by atoms with Gasteiger partial charge in [-0.3, -0.25) is 14.4 Å². The first-order valence-corrected chi connectivity index (χ1v) is 7.37. The van der Waals surface area contributed by atoms with Crippen molar-refractivity contribution in [3.63, 3.8) is 0 Å². The molecular formula is C16H25NO5. The summed E-state index contributed by atoms with van der Waals surface area (Å²) >= 11 is 0. The summed E-state index contributed by atoms with van der Waals surface area (Å²) in [6, 6.07) is 0. The van der Waals surface area contributed by atoms with Crippen LogP contribution in [0.5, 0.6) is 0 Å². The number of rotatable bonds is 5. The highest BCUT2D eigenvalue weighted by molar-refractivity contribution is 5.88. The Bertz CT molecular complexity index is 463. The van der Waals surface area contributed by atoms with E-state index in [4.69, 9.17) is 9.84 Å². The molecule has 1 saturated heterocycles. The van der Waals surface area contributed by atoms with Gasteiger partial charge in [0.2, 0.25) is 5.91 Å². The smallest absolute Gasteiger partial charge is 0.306 e. The number of carbonyl (C=O) groups excluding carboxylic acids is 2. The number of nitrogens with zero attached hydrogens (tertiary/aromatic N) is 1. The Morgan fingerprint density at radius 1 is 1.18 bits per heavy atom. The number of aliphatic carboxylic acids is 1. The van der Waals surface area contributed by atoms with Crippen LogP contribution in [0, 0.1) is 0 Å². The summed E-state index contributed by atoms with van der Waals surface area (Å²) in [5.74, 6) is -1.68. The number of piperidine rings is 1. The van der Waals surface area contributed by atoms with Gasteiger partial charge >= 0.3 is 11.9 Å². The number of ether oxygens (including phenoxy) is 1. The maximum atomic E-state index is 12.1. The van der Waals surface area contributed by atoms with Gasteiger partial charge in [0.15, 0.2) is 0 Å². The lowest BCUT2D eigenvalue weighted by Crippen LogP contribution is -2.64. The van der Waals surface area contributed by atoms with E-state index < -0.39 is 23.0 Å². The first kappa shape index (κ1) is 18.2. The Labute approximate surface area is 131 Å². The molecular weight excluding hydrogens is 286 g/mol. The van der Waals surface area contributed by atoms with Gasteiger partial charge in [-0.25, -0.2) is 0 Å². The van der Waals surface area contributed by atoms with E-state index in [0.29, 0.717) is 12.8 Å². The van der Waals surface area contributed by atoms with Crippen LogP contribution in [0.3, 0.4) is 0 Å². The maximum Gasteiger partial charge on any atom is 0.306 e. The average molecular weight is 311 g/mol. The summed E-state index contributed by atoms with van der Waals surface area (Å²) < 4.78 is 5.41. The van der Waals surface area contributed by atoms with E-state index in [9.17, 15) is 14.4 Å². The van der Waals surface area contributed by atoms with Gasteiger partial charge in [-0.15, -0.1) is 0 Å². The Morgan fingerprint density at radius 3 is 2.09 bits per heavy atom. The van der Waals surface area contributed by atoms with Crippen molar-refractivity contribution in [3.8, 4) is 0 Å². The zero-order valence-electron chi connectivity index (χ0n) is 13.7. The fourth-order valence-corrected chi connectivity index (χ4v) is 3.41. The molecule has 0 aliphatic carbocycles. The van der Waals surface area contributed by atoms with Gasteiger partial charge in [0.05, 0.1) is 12.8 Å². The highest BCUT2D eigenvalue weighted by Gasteiger charge is 2.48. The van der Waals surface area contributed by atoms with Gasteiger partial charge in [-0.1, -0.05) is 6.58 Å². The number of likely N-dealkylation sites (tertiary alicyclic amines) is 1. The molecule has 1 amide bonds. The lowest BCUT2D eigenvalue weighted by atomic mass is 9.78. The monoisotopic (exact) mass is 311 g/mol. The molecule has 22 heavy (non-hydrogen) atoms. The molecule has 1 aliphatic heterocycles. The fourth-order valence-electron chi connectivity index (χ4n) is 3.41. The first-order valence-electron chi connectivity index (χ1n) is 7.37. The van der Waals surface area contributed by atoms with Crippen LogP contribution in [0.25, 0.3) is 0 Å². The highest BCUT2D eigenvalue weighted by Crippen LogP contribution is 2.39. The number of hydrogen-bond acceptors (Lipinski definition) is 4. The molecule has 0 aromatic rings. The van der Waals surface area contributed by atoms with Crippen LogP contribution in [-0.4, -0.2) is 45.0 Å². The molecule has 0 saturated carbocycles. The molecule has 0 radical (unpaired) electrons. The van der Waals surface area contributed by atoms with Gasteiger partial charge < -0.3 is 14.7 Å². The van der Waals surface area contributed by atoms with Crippen LogP contribution in [0.4, 0.5) is 0 Å². The quantitative estimate of drug-likeness (QED) is 0.621. The van der Waals surface area contributed by atoms with E-state index in [-0.39, 0.29) is 24.9 Å². The summed E-state index contributed by atoms with van der Waals surface area (Å²) in [7, 11) is 0. The Hall–Kier alpha value is -1.85. The third kappa shape index (κ3) is 4.32. The van der Waals surface area contributed by atoms with Crippen molar-refractivity contribution >= 4 is 17.8 Å². The lowest BCUT2D eigenvalue weighted by Gasteiger charge is -2.54. The second kappa shape index (κ2) is 6.50. The molecule has 1 heterocycles. The minimum Gasteiger partial charge on any atom is -0.481 e. The molecule has 1 N–H and O–H groups in total. The Kier molecular flexibility index (Phi) is 5.38. The zero-order valence-corrected chi connectivity index (χ0v) is 13.7. The van der Waals surface area contributed by atoms with E-state index in [0.717, 1.165) is 0 Å². The van der Waals surface area contributed by atoms with Crippen LogP contribution >= 0.6 is 0 Å². The molecule has 0 aromatic carbocycles. The number of carboxylic acid groups (broad SMARTS) is 1. The van der Waals surface area contributed by atoms with Crippen LogP contribution in [0.2, 0.25) is 0 Å². The van der Waals surface area contributed by atoms with Crippen molar-refractivity contribution in [3.05, 3.63) is 12.7 Å². The molecule has 6 heteroatoms. The number of esters is 1. The van der Waals surface area contributed by atoms with E-state index in [1.54, 1.807) is 4.90 Å². The normalized spacial score (nSPS) is 20.3. The minimum absolute atomic E-state index is 0.137. The topological polar surface area (TPSA) is 83.9 Å². The molecule has 0 atom stereocenters. The van der Waals surface area contributed by atoms with Crippen molar-refractivity contribution < 1.29 is 24.2 Å². The number of hydrogen-bond donors (Lipinski definition) is 1. The van der Waals surface area contributed by atoms with Crippen LogP contribution < -0.4 is 0 Å². The van der Waals surface area contributed by atoms with Crippen LogP contribution in [0.1, 0.15) is 53.4 Å². The first-order chi connectivity index (χ1) is 9.99. The van der Waals surface area contributed by atoms with Crippen LogP contribution in [0.15, 0.2) is 12.7 Å². The molecule has 1 fully saturated rings. The number of amides is 1. The van der Waals surface area contributed by atoms with E-state index >= 15 is 0 Å². The second-order valence-electron chi connectivity index (χ2n) is 6.92. The molecule has 124 valence electrons. The fraction of sp³-hybridized carbons (Fsp3) is 0.688. The molecule has 0 spiro atoms. The second-order valence-corrected chi connectivity index (χ2v) is 6.92. The largest absolute Gasteiger partial charge is 0.481 e. The van der Waals surface area contributed by atoms with Gasteiger partial charge in [0, 0.05) is 23.9 Å². The highest BCUT2D eigenvalue weighted by atomic mass is 16.5. The van der Waals surface area contributed by atoms with Gasteiger partial charge in [-0.2, -0.15) is 0 Å². The molecule has 1 aliphatic rings. The van der Waals surface area contributed by atoms with E-state index in [1.807, 2.05) is 27.7 Å². The molecule has 0 aromatic heterocycles. The van der Waals surface area contributed by atoms with Crippen molar-refractivity contribution in [1.29, 1.82) is 0 Å². The predicted octanol–water partition coefficient (Wildman–Crippen LogP) is 2.13. The third-order valence-electron chi connectivity index (χ3n) is 3.90. The van der Waals surface area contributed by atoms with Crippen molar-refractivity contribution in [2.75, 3.05) is 0 Å².